The molecule has 152 valence electrons. The molecule has 1 aliphatic rings. The van der Waals surface area contributed by atoms with Crippen LogP contribution in [0.3, 0.4) is 0 Å². The average Bonchev–Trinajstić information content (AvgIpc) is 3.19. The summed E-state index contributed by atoms with van der Waals surface area (Å²) < 4.78 is 10.6. The second kappa shape index (κ2) is 9.73. The van der Waals surface area contributed by atoms with Gasteiger partial charge in [0.1, 0.15) is 24.4 Å². The average molecular weight is 396 g/mol. The van der Waals surface area contributed by atoms with E-state index in [1.807, 2.05) is 54.6 Å². The molecule has 1 saturated heterocycles. The Morgan fingerprint density at radius 1 is 1.10 bits per heavy atom. The third-order valence-corrected chi connectivity index (χ3v) is 4.73. The van der Waals surface area contributed by atoms with E-state index < -0.39 is 18.1 Å². The molecular formula is C22H24N2O5. The molecule has 0 bridgehead atoms. The summed E-state index contributed by atoms with van der Waals surface area (Å²) >= 11 is 0. The van der Waals surface area contributed by atoms with E-state index in [0.717, 1.165) is 11.1 Å². The standard InChI is InChI=1S/C22H24N2O5/c1-28-22(27)19(24-21(26)18-11-12-20(25)23-18)13-15-7-9-17(10-8-15)29-14-16-5-3-2-4-6-16/h2-10,18-19H,11-14H2,1H3,(H,23,25)(H,24,26)/t18-,19-/m1/s1. The molecule has 2 atom stereocenters. The van der Waals surface area contributed by atoms with Crippen molar-refractivity contribution >= 4 is 17.8 Å². The van der Waals surface area contributed by atoms with Crippen LogP contribution in [0.15, 0.2) is 54.6 Å². The lowest BCUT2D eigenvalue weighted by Gasteiger charge is -2.19. The van der Waals surface area contributed by atoms with Gasteiger partial charge in [0.2, 0.25) is 11.8 Å². The maximum atomic E-state index is 12.3. The molecule has 0 radical (unpaired) electrons. The number of methoxy groups -OCH3 is 1. The maximum absolute atomic E-state index is 12.3. The number of hydrogen-bond acceptors (Lipinski definition) is 5. The van der Waals surface area contributed by atoms with Gasteiger partial charge in [-0.05, 0) is 29.7 Å². The van der Waals surface area contributed by atoms with E-state index in [1.54, 1.807) is 0 Å². The Labute approximate surface area is 169 Å². The molecule has 0 aromatic heterocycles. The number of rotatable bonds is 8. The number of hydrogen-bond donors (Lipinski definition) is 2. The van der Waals surface area contributed by atoms with E-state index in [4.69, 9.17) is 9.47 Å². The van der Waals surface area contributed by atoms with Crippen LogP contribution >= 0.6 is 0 Å². The molecule has 2 aromatic rings. The van der Waals surface area contributed by atoms with Crippen molar-refractivity contribution in [1.29, 1.82) is 0 Å². The minimum Gasteiger partial charge on any atom is -0.489 e. The predicted octanol–water partition coefficient (Wildman–Crippen LogP) is 1.74. The molecule has 1 heterocycles. The van der Waals surface area contributed by atoms with Crippen molar-refractivity contribution in [2.45, 2.75) is 38.0 Å². The zero-order valence-corrected chi connectivity index (χ0v) is 16.2. The number of benzene rings is 2. The molecule has 1 aliphatic heterocycles. The molecule has 1 fully saturated rings. The third-order valence-electron chi connectivity index (χ3n) is 4.73. The van der Waals surface area contributed by atoms with Crippen LogP contribution in [-0.4, -0.2) is 37.0 Å². The summed E-state index contributed by atoms with van der Waals surface area (Å²) in [4.78, 5) is 35.7. The largest absolute Gasteiger partial charge is 0.489 e. The highest BCUT2D eigenvalue weighted by Crippen LogP contribution is 2.16. The van der Waals surface area contributed by atoms with Crippen LogP contribution in [0.5, 0.6) is 5.75 Å². The normalized spacial score (nSPS) is 16.6. The zero-order chi connectivity index (χ0) is 20.6. The highest BCUT2D eigenvalue weighted by molar-refractivity contribution is 5.93. The second-order valence-electron chi connectivity index (χ2n) is 6.87. The maximum Gasteiger partial charge on any atom is 0.328 e. The van der Waals surface area contributed by atoms with Gasteiger partial charge in [0, 0.05) is 12.8 Å². The lowest BCUT2D eigenvalue weighted by atomic mass is 10.0. The molecule has 0 saturated carbocycles. The minimum atomic E-state index is -0.832. The van der Waals surface area contributed by atoms with Gasteiger partial charge in [0.05, 0.1) is 7.11 Å². The van der Waals surface area contributed by atoms with E-state index >= 15 is 0 Å². The Balaban J connectivity index is 1.58. The number of carbonyl (C=O) groups is 3. The third kappa shape index (κ3) is 5.81. The summed E-state index contributed by atoms with van der Waals surface area (Å²) in [6, 6.07) is 15.8. The van der Waals surface area contributed by atoms with Gasteiger partial charge < -0.3 is 20.1 Å². The van der Waals surface area contributed by atoms with Crippen LogP contribution < -0.4 is 15.4 Å². The lowest BCUT2D eigenvalue weighted by molar-refractivity contribution is -0.145. The fourth-order valence-corrected chi connectivity index (χ4v) is 3.12. The quantitative estimate of drug-likeness (QED) is 0.663. The van der Waals surface area contributed by atoms with Gasteiger partial charge in [0.25, 0.3) is 0 Å². The van der Waals surface area contributed by atoms with Crippen LogP contribution in [0.25, 0.3) is 0 Å². The SMILES string of the molecule is COC(=O)[C@@H](Cc1ccc(OCc2ccccc2)cc1)NC(=O)[C@H]1CCC(=O)N1. The van der Waals surface area contributed by atoms with Crippen molar-refractivity contribution in [1.82, 2.24) is 10.6 Å². The molecular weight excluding hydrogens is 372 g/mol. The van der Waals surface area contributed by atoms with E-state index in [-0.39, 0.29) is 18.2 Å². The van der Waals surface area contributed by atoms with Crippen molar-refractivity contribution in [2.24, 2.45) is 0 Å². The van der Waals surface area contributed by atoms with Gasteiger partial charge in [-0.15, -0.1) is 0 Å². The van der Waals surface area contributed by atoms with Gasteiger partial charge in [-0.25, -0.2) is 4.79 Å². The van der Waals surface area contributed by atoms with Gasteiger partial charge in [-0.1, -0.05) is 42.5 Å². The Bertz CT molecular complexity index is 851. The summed E-state index contributed by atoms with van der Waals surface area (Å²) in [6.07, 6.45) is 1.01. The van der Waals surface area contributed by atoms with Crippen LogP contribution in [0, 0.1) is 0 Å². The van der Waals surface area contributed by atoms with Crippen molar-refractivity contribution in [3.8, 4) is 5.75 Å². The molecule has 2 amide bonds. The first-order valence-electron chi connectivity index (χ1n) is 9.48. The molecule has 0 spiro atoms. The number of amides is 2. The minimum absolute atomic E-state index is 0.161. The zero-order valence-electron chi connectivity index (χ0n) is 16.2. The van der Waals surface area contributed by atoms with Gasteiger partial charge in [-0.3, -0.25) is 9.59 Å². The lowest BCUT2D eigenvalue weighted by Crippen LogP contribution is -2.49. The van der Waals surface area contributed by atoms with Crippen molar-refractivity contribution in [2.75, 3.05) is 7.11 Å². The first-order chi connectivity index (χ1) is 14.0. The highest BCUT2D eigenvalue weighted by atomic mass is 16.5. The van der Waals surface area contributed by atoms with E-state index in [0.29, 0.717) is 25.2 Å². The van der Waals surface area contributed by atoms with E-state index in [9.17, 15) is 14.4 Å². The molecule has 0 aliphatic carbocycles. The van der Waals surface area contributed by atoms with E-state index in [2.05, 4.69) is 10.6 Å². The molecule has 2 aromatic carbocycles. The predicted molar refractivity (Wildman–Crippen MR) is 106 cm³/mol. The van der Waals surface area contributed by atoms with E-state index in [1.165, 1.54) is 7.11 Å². The van der Waals surface area contributed by atoms with Crippen molar-refractivity contribution < 1.29 is 23.9 Å². The van der Waals surface area contributed by atoms with Gasteiger partial charge in [0.15, 0.2) is 0 Å². The Hall–Kier alpha value is -3.35. The van der Waals surface area contributed by atoms with Crippen LogP contribution in [-0.2, 0) is 32.1 Å². The first kappa shape index (κ1) is 20.4. The monoisotopic (exact) mass is 396 g/mol. The fourth-order valence-electron chi connectivity index (χ4n) is 3.12. The summed E-state index contributed by atoms with van der Waals surface area (Å²) in [7, 11) is 1.28. The highest BCUT2D eigenvalue weighted by Gasteiger charge is 2.30. The summed E-state index contributed by atoms with van der Waals surface area (Å²) in [5.74, 6) is -0.364. The molecule has 0 unspecified atom stereocenters. The molecule has 2 N–H and O–H groups in total. The summed E-state index contributed by atoms with van der Waals surface area (Å²) in [6.45, 7) is 0.466. The summed E-state index contributed by atoms with van der Waals surface area (Å²) in [5, 5.41) is 5.28. The van der Waals surface area contributed by atoms with Crippen LogP contribution in [0.2, 0.25) is 0 Å². The second-order valence-corrected chi connectivity index (χ2v) is 6.87. The molecule has 3 rings (SSSR count). The van der Waals surface area contributed by atoms with Gasteiger partial charge >= 0.3 is 5.97 Å². The Morgan fingerprint density at radius 3 is 2.45 bits per heavy atom. The number of nitrogens with one attached hydrogen (secondary N) is 2. The molecule has 7 nitrogen and oxygen atoms in total. The number of carbonyl (C=O) groups excluding carboxylic acids is 3. The number of ether oxygens (including phenoxy) is 2. The van der Waals surface area contributed by atoms with Gasteiger partial charge in [-0.2, -0.15) is 0 Å². The molecule has 29 heavy (non-hydrogen) atoms. The summed E-state index contributed by atoms with van der Waals surface area (Å²) in [5.41, 5.74) is 1.92. The van der Waals surface area contributed by atoms with Crippen LogP contribution in [0.4, 0.5) is 0 Å². The Kier molecular flexibility index (Phi) is 6.84. The first-order valence-corrected chi connectivity index (χ1v) is 9.48. The Morgan fingerprint density at radius 2 is 1.83 bits per heavy atom. The van der Waals surface area contributed by atoms with Crippen molar-refractivity contribution in [3.63, 3.8) is 0 Å². The number of esters is 1. The van der Waals surface area contributed by atoms with Crippen molar-refractivity contribution in [3.05, 3.63) is 65.7 Å². The fraction of sp³-hybridized carbons (Fsp3) is 0.318. The smallest absolute Gasteiger partial charge is 0.328 e. The molecule has 7 heteroatoms. The van der Waals surface area contributed by atoms with Crippen LogP contribution in [0.1, 0.15) is 24.0 Å². The topological polar surface area (TPSA) is 93.7 Å².